The van der Waals surface area contributed by atoms with Gasteiger partial charge in [0.05, 0.1) is 19.3 Å². The second kappa shape index (κ2) is 3.17. The Balaban J connectivity index is 2.45. The summed E-state index contributed by atoms with van der Waals surface area (Å²) in [5, 5.41) is 0. The third-order valence-electron chi connectivity index (χ3n) is 2.21. The maximum atomic E-state index is 4.42. The summed E-state index contributed by atoms with van der Waals surface area (Å²) in [6.07, 6.45) is 1.85. The van der Waals surface area contributed by atoms with Crippen LogP contribution in [0.1, 0.15) is 11.4 Å². The molecule has 0 aromatic carbocycles. The molecule has 0 spiro atoms. The van der Waals surface area contributed by atoms with Crippen molar-refractivity contribution in [1.82, 2.24) is 4.57 Å². The highest BCUT2D eigenvalue weighted by Gasteiger charge is 2.07. The molecule has 0 fully saturated rings. The smallest absolute Gasteiger partial charge is 0.150 e. The molecule has 1 aromatic rings. The minimum absolute atomic E-state index is 0.808. The first-order chi connectivity index (χ1) is 6.29. The normalized spacial score (nSPS) is 16.0. The van der Waals surface area contributed by atoms with E-state index in [-0.39, 0.29) is 0 Å². The van der Waals surface area contributed by atoms with Gasteiger partial charge in [0, 0.05) is 11.4 Å². The fourth-order valence-electron chi connectivity index (χ4n) is 1.57. The van der Waals surface area contributed by atoms with Crippen LogP contribution >= 0.6 is 0 Å². The second-order valence-electron chi connectivity index (χ2n) is 3.23. The van der Waals surface area contributed by atoms with Gasteiger partial charge in [0.15, 0.2) is 5.84 Å². The zero-order chi connectivity index (χ0) is 9.26. The van der Waals surface area contributed by atoms with Gasteiger partial charge < -0.3 is 4.57 Å². The zero-order valence-corrected chi connectivity index (χ0v) is 7.99. The van der Waals surface area contributed by atoms with Crippen molar-refractivity contribution >= 4 is 12.1 Å². The van der Waals surface area contributed by atoms with E-state index < -0.39 is 0 Å². The van der Waals surface area contributed by atoms with Crippen molar-refractivity contribution in [3.8, 4) is 0 Å². The molecule has 0 radical (unpaired) electrons. The first-order valence-electron chi connectivity index (χ1n) is 4.48. The maximum absolute atomic E-state index is 4.42. The highest BCUT2D eigenvalue weighted by molar-refractivity contribution is 6.31. The van der Waals surface area contributed by atoms with Gasteiger partial charge in [-0.1, -0.05) is 0 Å². The van der Waals surface area contributed by atoms with Crippen LogP contribution in [0.15, 0.2) is 22.1 Å². The average Bonchev–Trinajstić information content (AvgIpc) is 2.48. The fraction of sp³-hybridized carbons (Fsp3) is 0.400. The maximum Gasteiger partial charge on any atom is 0.150 e. The molecule has 68 valence electrons. The highest BCUT2D eigenvalue weighted by Crippen LogP contribution is 2.07. The van der Waals surface area contributed by atoms with E-state index in [2.05, 4.69) is 40.5 Å². The molecule has 3 nitrogen and oxygen atoms in total. The molecule has 1 aliphatic rings. The molecule has 13 heavy (non-hydrogen) atoms. The predicted molar refractivity (Wildman–Crippen MR) is 55.0 cm³/mol. The first-order valence-corrected chi connectivity index (χ1v) is 4.48. The Labute approximate surface area is 77.8 Å². The predicted octanol–water partition coefficient (Wildman–Crippen LogP) is 1.44. The molecule has 0 N–H and O–H groups in total. The molecule has 0 unspecified atom stereocenters. The third kappa shape index (κ3) is 1.41. The van der Waals surface area contributed by atoms with Crippen LogP contribution in [0.25, 0.3) is 0 Å². The molecular formula is C10H13N3. The molecule has 2 rings (SSSR count). The number of aryl methyl sites for hydroxylation is 2. The van der Waals surface area contributed by atoms with Crippen molar-refractivity contribution in [3.63, 3.8) is 0 Å². The molecule has 1 aliphatic heterocycles. The zero-order valence-electron chi connectivity index (χ0n) is 7.99. The van der Waals surface area contributed by atoms with Gasteiger partial charge in [-0.2, -0.15) is 0 Å². The summed E-state index contributed by atoms with van der Waals surface area (Å²) in [5.41, 5.74) is 2.43. The Kier molecular flexibility index (Phi) is 2.00. The number of aliphatic imine (C=N–C) groups is 2. The van der Waals surface area contributed by atoms with E-state index in [4.69, 9.17) is 0 Å². The summed E-state index contributed by atoms with van der Waals surface area (Å²) >= 11 is 0. The summed E-state index contributed by atoms with van der Waals surface area (Å²) in [7, 11) is 0. The minimum Gasteiger partial charge on any atom is -0.302 e. The molecule has 0 saturated carbocycles. The van der Waals surface area contributed by atoms with Gasteiger partial charge in [-0.3, -0.25) is 9.98 Å². The van der Waals surface area contributed by atoms with Crippen LogP contribution in [-0.2, 0) is 0 Å². The highest BCUT2D eigenvalue weighted by atomic mass is 15.1. The Morgan fingerprint density at radius 3 is 2.38 bits per heavy atom. The summed E-state index contributed by atoms with van der Waals surface area (Å²) < 4.78 is 2.13. The van der Waals surface area contributed by atoms with Crippen molar-refractivity contribution < 1.29 is 0 Å². The van der Waals surface area contributed by atoms with Gasteiger partial charge in [-0.25, -0.2) is 0 Å². The second-order valence-corrected chi connectivity index (χ2v) is 3.23. The summed E-state index contributed by atoms with van der Waals surface area (Å²) in [6.45, 7) is 5.79. The van der Waals surface area contributed by atoms with E-state index in [1.54, 1.807) is 0 Å². The quantitative estimate of drug-likeness (QED) is 0.571. The van der Waals surface area contributed by atoms with Crippen LogP contribution < -0.4 is 0 Å². The van der Waals surface area contributed by atoms with Crippen LogP contribution in [0.2, 0.25) is 0 Å². The molecule has 2 heterocycles. The van der Waals surface area contributed by atoms with Gasteiger partial charge >= 0.3 is 0 Å². The van der Waals surface area contributed by atoms with Gasteiger partial charge in [-0.05, 0) is 26.0 Å². The van der Waals surface area contributed by atoms with Gasteiger partial charge in [-0.15, -0.1) is 0 Å². The number of hydrogen-bond donors (Lipinski definition) is 0. The van der Waals surface area contributed by atoms with E-state index in [0.717, 1.165) is 18.9 Å². The Bertz CT molecular complexity index is 352. The number of aromatic nitrogens is 1. The summed E-state index contributed by atoms with van der Waals surface area (Å²) in [6, 6.07) is 4.20. The van der Waals surface area contributed by atoms with Crippen molar-refractivity contribution in [2.24, 2.45) is 9.98 Å². The van der Waals surface area contributed by atoms with E-state index in [1.165, 1.54) is 11.4 Å². The van der Waals surface area contributed by atoms with E-state index >= 15 is 0 Å². The van der Waals surface area contributed by atoms with Crippen LogP contribution in [0, 0.1) is 13.8 Å². The summed E-state index contributed by atoms with van der Waals surface area (Å²) in [5.74, 6) is 0.964. The molecule has 0 amide bonds. The largest absolute Gasteiger partial charge is 0.302 e. The number of rotatable bonds is 0. The Hall–Kier alpha value is -1.38. The van der Waals surface area contributed by atoms with Crippen molar-refractivity contribution in [2.75, 3.05) is 13.1 Å². The number of nitrogens with zero attached hydrogens (tertiary/aromatic N) is 3. The molecule has 0 saturated heterocycles. The minimum atomic E-state index is 0.808. The number of hydrogen-bond acceptors (Lipinski definition) is 2. The molecule has 3 heteroatoms. The van der Waals surface area contributed by atoms with Crippen LogP contribution in [-0.4, -0.2) is 29.7 Å². The molecule has 0 bridgehead atoms. The van der Waals surface area contributed by atoms with Gasteiger partial charge in [0.2, 0.25) is 0 Å². The monoisotopic (exact) mass is 175 g/mol. The van der Waals surface area contributed by atoms with E-state index in [9.17, 15) is 0 Å². The average molecular weight is 175 g/mol. The topological polar surface area (TPSA) is 29.6 Å². The SMILES string of the molecule is Cc1ccc(C)n1C1=NCCN=C1. The lowest BCUT2D eigenvalue weighted by Crippen LogP contribution is -2.20. The standard InChI is InChI=1S/C10H13N3/c1-8-3-4-9(2)13(8)10-7-11-5-6-12-10/h3-4,7H,5-6H2,1-2H3. The van der Waals surface area contributed by atoms with Crippen LogP contribution in [0.4, 0.5) is 0 Å². The molecule has 0 atom stereocenters. The molecule has 0 aliphatic carbocycles. The van der Waals surface area contributed by atoms with Crippen molar-refractivity contribution in [1.29, 1.82) is 0 Å². The Morgan fingerprint density at radius 2 is 1.85 bits per heavy atom. The van der Waals surface area contributed by atoms with Crippen molar-refractivity contribution in [3.05, 3.63) is 23.5 Å². The Morgan fingerprint density at radius 1 is 1.15 bits per heavy atom. The van der Waals surface area contributed by atoms with E-state index in [1.807, 2.05) is 6.21 Å². The van der Waals surface area contributed by atoms with E-state index in [0.29, 0.717) is 0 Å². The lowest BCUT2D eigenvalue weighted by molar-refractivity contribution is 0.932. The molecule has 1 aromatic heterocycles. The van der Waals surface area contributed by atoms with Crippen molar-refractivity contribution in [2.45, 2.75) is 13.8 Å². The molecular weight excluding hydrogens is 162 g/mol. The summed E-state index contributed by atoms with van der Waals surface area (Å²) in [4.78, 5) is 8.64. The van der Waals surface area contributed by atoms with Crippen LogP contribution in [0.5, 0.6) is 0 Å². The lowest BCUT2D eigenvalue weighted by Gasteiger charge is -2.11. The fourth-order valence-corrected chi connectivity index (χ4v) is 1.57. The lowest BCUT2D eigenvalue weighted by atomic mass is 10.4. The van der Waals surface area contributed by atoms with Gasteiger partial charge in [0.25, 0.3) is 0 Å². The third-order valence-corrected chi connectivity index (χ3v) is 2.21. The van der Waals surface area contributed by atoms with Crippen LogP contribution in [0.3, 0.4) is 0 Å². The first kappa shape index (κ1) is 8.23. The van der Waals surface area contributed by atoms with Gasteiger partial charge in [0.1, 0.15) is 0 Å².